The van der Waals surface area contributed by atoms with Crippen LogP contribution in [0.15, 0.2) is 0 Å². The van der Waals surface area contributed by atoms with E-state index in [-0.39, 0.29) is 42.8 Å². The van der Waals surface area contributed by atoms with Crippen LogP contribution in [0.5, 0.6) is 0 Å². The second-order valence-electron chi connectivity index (χ2n) is 0.238. The first-order chi connectivity index (χ1) is 1.73. The SMILES string of the molecule is I.O=[P+](O)[S-].[Li]. The number of hydrogen-bond donors (Lipinski definition) is 1. The molecule has 0 amide bonds. The Hall–Kier alpha value is 1.74. The van der Waals surface area contributed by atoms with Crippen molar-refractivity contribution in [1.82, 2.24) is 0 Å². The summed E-state index contributed by atoms with van der Waals surface area (Å²) in [7, 11) is -2.29. The van der Waals surface area contributed by atoms with Gasteiger partial charge >= 0.3 is 7.23 Å². The van der Waals surface area contributed by atoms with Gasteiger partial charge in [0, 0.05) is 18.9 Å². The van der Waals surface area contributed by atoms with Crippen molar-refractivity contribution < 1.29 is 9.46 Å². The zero-order chi connectivity index (χ0) is 3.58. The fourth-order valence-corrected chi connectivity index (χ4v) is 0. The summed E-state index contributed by atoms with van der Waals surface area (Å²) in [5, 5.41) is 0. The van der Waals surface area contributed by atoms with Crippen LogP contribution < -0.4 is 0 Å². The summed E-state index contributed by atoms with van der Waals surface area (Å²) >= 11 is 3.69. The number of hydrogen-bond acceptors (Lipinski definition) is 2. The molecule has 0 rings (SSSR count). The molecule has 0 saturated carbocycles. The van der Waals surface area contributed by atoms with Crippen molar-refractivity contribution in [2.24, 2.45) is 0 Å². The zero-order valence-corrected chi connectivity index (χ0v) is 7.16. The van der Waals surface area contributed by atoms with Crippen molar-refractivity contribution in [3.63, 3.8) is 0 Å². The van der Waals surface area contributed by atoms with Gasteiger partial charge in [0.15, 0.2) is 0 Å². The third kappa shape index (κ3) is 42.7. The molecule has 2 nitrogen and oxygen atoms in total. The fourth-order valence-electron chi connectivity index (χ4n) is 0. The van der Waals surface area contributed by atoms with E-state index in [0.29, 0.717) is 0 Å². The maximum atomic E-state index is 8.96. The van der Waals surface area contributed by atoms with Crippen molar-refractivity contribution >= 4 is 62.3 Å². The van der Waals surface area contributed by atoms with Crippen LogP contribution in [0.1, 0.15) is 0 Å². The van der Waals surface area contributed by atoms with E-state index in [1.807, 2.05) is 0 Å². The van der Waals surface area contributed by atoms with Crippen LogP contribution in [0.4, 0.5) is 0 Å². The van der Waals surface area contributed by atoms with E-state index >= 15 is 0 Å². The van der Waals surface area contributed by atoms with Crippen LogP contribution in [0, 0.1) is 0 Å². The van der Waals surface area contributed by atoms with Gasteiger partial charge in [0.05, 0.1) is 0 Å². The van der Waals surface area contributed by atoms with Gasteiger partial charge in [0.2, 0.25) is 0 Å². The molecule has 1 unspecified atom stereocenters. The molecule has 0 aromatic rings. The molecule has 1 radical (unpaired) electrons. The van der Waals surface area contributed by atoms with Crippen molar-refractivity contribution in [3.05, 3.63) is 0 Å². The molecule has 0 aliphatic heterocycles. The molecule has 0 heterocycles. The Kier molecular flexibility index (Phi) is 25.8. The second kappa shape index (κ2) is 9.88. The van der Waals surface area contributed by atoms with Crippen molar-refractivity contribution in [3.8, 4) is 0 Å². The van der Waals surface area contributed by atoms with Crippen molar-refractivity contribution in [2.45, 2.75) is 0 Å². The molecule has 1 atom stereocenters. The monoisotopic (exact) mass is 231 g/mol. The minimum atomic E-state index is -2.29. The van der Waals surface area contributed by atoms with Gasteiger partial charge in [0.1, 0.15) is 0 Å². The van der Waals surface area contributed by atoms with Crippen LogP contribution in [0.3, 0.4) is 0 Å². The van der Waals surface area contributed by atoms with Crippen LogP contribution in [-0.2, 0) is 16.8 Å². The molecular formula is H2ILiO2PS. The first kappa shape index (κ1) is 15.6. The van der Waals surface area contributed by atoms with Gasteiger partial charge in [0.25, 0.3) is 0 Å². The Labute approximate surface area is 71.3 Å². The van der Waals surface area contributed by atoms with E-state index in [0.717, 1.165) is 0 Å². The molecule has 0 aromatic carbocycles. The molecule has 0 aromatic heterocycles. The van der Waals surface area contributed by atoms with Gasteiger partial charge in [-0.05, 0) is 0 Å². The van der Waals surface area contributed by atoms with Crippen LogP contribution in [0.2, 0.25) is 0 Å². The minimum Gasteiger partial charge on any atom is -0.408 e. The van der Waals surface area contributed by atoms with Crippen LogP contribution in [0.25, 0.3) is 0 Å². The third-order valence-electron chi connectivity index (χ3n) is 0. The largest absolute Gasteiger partial charge is 0.408 e. The predicted molar refractivity (Wildman–Crippen MR) is 38.4 cm³/mol. The average molecular weight is 231 g/mol. The maximum absolute atomic E-state index is 8.96. The summed E-state index contributed by atoms with van der Waals surface area (Å²) in [5.74, 6) is 0. The summed E-state index contributed by atoms with van der Waals surface area (Å²) in [4.78, 5) is 7.38. The molecule has 33 valence electrons. The molecule has 0 aliphatic rings. The quantitative estimate of drug-likeness (QED) is 0.284. The van der Waals surface area contributed by atoms with E-state index in [9.17, 15) is 0 Å². The Morgan fingerprint density at radius 2 is 1.67 bits per heavy atom. The molecule has 1 N–H and O–H groups in total. The van der Waals surface area contributed by atoms with Gasteiger partial charge in [-0.15, -0.1) is 24.0 Å². The zero-order valence-electron chi connectivity index (χ0n) is 3.12. The Morgan fingerprint density at radius 3 is 1.67 bits per heavy atom. The fraction of sp³-hybridized carbons (Fsp3) is 0. The van der Waals surface area contributed by atoms with Gasteiger partial charge in [-0.2, -0.15) is 4.89 Å². The smallest absolute Gasteiger partial charge is 0.369 e. The van der Waals surface area contributed by atoms with Gasteiger partial charge in [-0.3, -0.25) is 0 Å². The van der Waals surface area contributed by atoms with E-state index in [4.69, 9.17) is 9.46 Å². The molecular weight excluding hydrogens is 229 g/mol. The number of halogens is 1. The molecule has 6 heavy (non-hydrogen) atoms. The van der Waals surface area contributed by atoms with E-state index in [1.54, 1.807) is 0 Å². The standard InChI is InChI=1S/HI.Li.HO2PS/c;;1-3(2)4/h1H;;(H,1,2,4). The van der Waals surface area contributed by atoms with Gasteiger partial charge in [-0.1, -0.05) is 4.57 Å². The minimum absolute atomic E-state index is 0. The molecule has 0 bridgehead atoms. The summed E-state index contributed by atoms with van der Waals surface area (Å²) in [6.45, 7) is 0. The first-order valence-corrected chi connectivity index (χ1v) is 2.79. The van der Waals surface area contributed by atoms with Crippen molar-refractivity contribution in [2.75, 3.05) is 0 Å². The van der Waals surface area contributed by atoms with E-state index in [1.165, 1.54) is 0 Å². The Balaban J connectivity index is -0.0000000450. The molecule has 0 fully saturated rings. The van der Waals surface area contributed by atoms with Gasteiger partial charge in [-0.25, -0.2) is 0 Å². The summed E-state index contributed by atoms with van der Waals surface area (Å²) < 4.78 is 8.96. The van der Waals surface area contributed by atoms with E-state index in [2.05, 4.69) is 12.2 Å². The van der Waals surface area contributed by atoms with E-state index < -0.39 is 7.23 Å². The topological polar surface area (TPSA) is 37.3 Å². The van der Waals surface area contributed by atoms with Crippen LogP contribution >= 0.6 is 31.2 Å². The molecule has 0 saturated heterocycles. The maximum Gasteiger partial charge on any atom is 0.369 e. The van der Waals surface area contributed by atoms with Gasteiger partial charge < -0.3 is 12.2 Å². The first-order valence-electron chi connectivity index (χ1n) is 0.565. The van der Waals surface area contributed by atoms with Crippen molar-refractivity contribution in [1.29, 1.82) is 0 Å². The Morgan fingerprint density at radius 1 is 1.67 bits per heavy atom. The Bertz CT molecular complexity index is 36.5. The third-order valence-corrected chi connectivity index (χ3v) is 0. The average Bonchev–Trinajstić information content (AvgIpc) is 0.811. The second-order valence-corrected chi connectivity index (χ2v) is 1.65. The molecule has 6 heteroatoms. The summed E-state index contributed by atoms with van der Waals surface area (Å²) in [5.41, 5.74) is 0. The summed E-state index contributed by atoms with van der Waals surface area (Å²) in [6, 6.07) is 0. The predicted octanol–water partition coefficient (Wildman–Crippen LogP) is 0.420. The normalized spacial score (nSPS) is 7.33. The number of rotatable bonds is 0. The summed E-state index contributed by atoms with van der Waals surface area (Å²) in [6.07, 6.45) is 0. The molecule has 0 spiro atoms. The molecule has 0 aliphatic carbocycles. The van der Waals surface area contributed by atoms with Crippen LogP contribution in [-0.4, -0.2) is 23.8 Å².